The number of amides is 1. The van der Waals surface area contributed by atoms with E-state index in [9.17, 15) is 4.79 Å². The molecule has 1 rings (SSSR count). The summed E-state index contributed by atoms with van der Waals surface area (Å²) in [5.74, 6) is 0.429. The Labute approximate surface area is 138 Å². The highest BCUT2D eigenvalue weighted by molar-refractivity contribution is 5.77. The van der Waals surface area contributed by atoms with Crippen LogP contribution in [0.25, 0.3) is 0 Å². The Hall–Kier alpha value is -2.24. The van der Waals surface area contributed by atoms with Crippen molar-refractivity contribution in [3.8, 4) is 0 Å². The molecule has 4 N–H and O–H groups in total. The van der Waals surface area contributed by atoms with Crippen LogP contribution in [0.3, 0.4) is 0 Å². The highest BCUT2D eigenvalue weighted by atomic mass is 16.6. The number of hydrogen-bond donors (Lipinski definition) is 3. The van der Waals surface area contributed by atoms with Gasteiger partial charge in [-0.25, -0.2) is 4.79 Å². The molecule has 0 radical (unpaired) electrons. The second-order valence-corrected chi connectivity index (χ2v) is 6.21. The monoisotopic (exact) mass is 320 g/mol. The van der Waals surface area contributed by atoms with Gasteiger partial charge >= 0.3 is 6.09 Å². The van der Waals surface area contributed by atoms with E-state index < -0.39 is 11.7 Å². The van der Waals surface area contributed by atoms with Gasteiger partial charge in [0.2, 0.25) is 0 Å². The number of carbonyl (C=O) groups is 1. The van der Waals surface area contributed by atoms with Crippen LogP contribution < -0.4 is 16.4 Å². The van der Waals surface area contributed by atoms with E-state index in [2.05, 4.69) is 27.8 Å². The van der Waals surface area contributed by atoms with Crippen LogP contribution in [-0.2, 0) is 11.2 Å². The number of nitrogens with one attached hydrogen (secondary N) is 2. The lowest BCUT2D eigenvalue weighted by Crippen LogP contribution is -2.34. The first-order valence-corrected chi connectivity index (χ1v) is 7.91. The van der Waals surface area contributed by atoms with Gasteiger partial charge in [-0.05, 0) is 39.2 Å². The van der Waals surface area contributed by atoms with Crippen molar-refractivity contribution in [3.63, 3.8) is 0 Å². The van der Waals surface area contributed by atoms with Crippen molar-refractivity contribution in [1.29, 1.82) is 0 Å². The molecule has 1 aromatic rings. The predicted molar refractivity (Wildman–Crippen MR) is 93.5 cm³/mol. The van der Waals surface area contributed by atoms with E-state index >= 15 is 0 Å². The highest BCUT2D eigenvalue weighted by Crippen LogP contribution is 2.06. The smallest absolute Gasteiger partial charge is 0.407 e. The van der Waals surface area contributed by atoms with Crippen LogP contribution >= 0.6 is 0 Å². The summed E-state index contributed by atoms with van der Waals surface area (Å²) < 4.78 is 5.14. The van der Waals surface area contributed by atoms with Gasteiger partial charge in [-0.3, -0.25) is 4.99 Å². The maximum absolute atomic E-state index is 11.4. The van der Waals surface area contributed by atoms with Gasteiger partial charge in [0, 0.05) is 19.6 Å². The minimum absolute atomic E-state index is 0.407. The second-order valence-electron chi connectivity index (χ2n) is 6.21. The summed E-state index contributed by atoms with van der Waals surface area (Å²) in [5.41, 5.74) is 6.57. The third-order valence-corrected chi connectivity index (χ3v) is 2.85. The molecule has 0 heterocycles. The Balaban J connectivity index is 2.09. The summed E-state index contributed by atoms with van der Waals surface area (Å²) in [4.78, 5) is 15.6. The lowest BCUT2D eigenvalue weighted by molar-refractivity contribution is 0.0527. The fraction of sp³-hybridized carbons (Fsp3) is 0.529. The van der Waals surface area contributed by atoms with Gasteiger partial charge in [-0.2, -0.15) is 0 Å². The van der Waals surface area contributed by atoms with Crippen LogP contribution in [-0.4, -0.2) is 37.3 Å². The van der Waals surface area contributed by atoms with Crippen molar-refractivity contribution >= 4 is 12.1 Å². The average molecular weight is 320 g/mol. The molecule has 0 atom stereocenters. The van der Waals surface area contributed by atoms with Gasteiger partial charge in [0.1, 0.15) is 5.60 Å². The summed E-state index contributed by atoms with van der Waals surface area (Å²) in [7, 11) is 0. The largest absolute Gasteiger partial charge is 0.444 e. The van der Waals surface area contributed by atoms with Gasteiger partial charge < -0.3 is 21.1 Å². The molecule has 0 bridgehead atoms. The summed E-state index contributed by atoms with van der Waals surface area (Å²) in [6, 6.07) is 10.2. The number of carbonyl (C=O) groups excluding carboxylic acids is 1. The molecular weight excluding hydrogens is 292 g/mol. The van der Waals surface area contributed by atoms with Crippen molar-refractivity contribution in [2.75, 3.05) is 19.6 Å². The van der Waals surface area contributed by atoms with E-state index in [1.165, 1.54) is 5.56 Å². The number of hydrogen-bond acceptors (Lipinski definition) is 3. The Bertz CT molecular complexity index is 495. The minimum atomic E-state index is -0.477. The lowest BCUT2D eigenvalue weighted by Gasteiger charge is -2.19. The summed E-state index contributed by atoms with van der Waals surface area (Å²) in [6.07, 6.45) is 1.20. The summed E-state index contributed by atoms with van der Waals surface area (Å²) >= 11 is 0. The topological polar surface area (TPSA) is 88.7 Å². The summed E-state index contributed by atoms with van der Waals surface area (Å²) in [5, 5.41) is 5.76. The number of rotatable bonds is 7. The van der Waals surface area contributed by atoms with E-state index in [-0.39, 0.29) is 0 Å². The number of aliphatic imine (C=N–C) groups is 1. The molecule has 0 aliphatic carbocycles. The Kier molecular flexibility index (Phi) is 7.94. The second kappa shape index (κ2) is 9.71. The molecule has 0 aliphatic heterocycles. The molecule has 0 spiro atoms. The molecule has 6 heteroatoms. The van der Waals surface area contributed by atoms with Gasteiger partial charge in [-0.1, -0.05) is 30.3 Å². The zero-order valence-electron chi connectivity index (χ0n) is 14.3. The zero-order chi connectivity index (χ0) is 17.1. The molecule has 23 heavy (non-hydrogen) atoms. The molecule has 0 aliphatic rings. The fourth-order valence-electron chi connectivity index (χ4n) is 1.82. The Morgan fingerprint density at radius 2 is 1.87 bits per heavy atom. The van der Waals surface area contributed by atoms with Crippen LogP contribution in [0.15, 0.2) is 35.3 Å². The molecule has 1 amide bonds. The standard InChI is InChI=1S/C17H28N4O2/c1-17(2,3)23-16(22)21-12-7-11-19-15(18)20-13-10-14-8-5-4-6-9-14/h4-6,8-9H,7,10-13H2,1-3H3,(H,21,22)(H3,18,19,20). The third kappa shape index (κ3) is 10.2. The predicted octanol–water partition coefficient (Wildman–Crippen LogP) is 2.05. The van der Waals surface area contributed by atoms with Gasteiger partial charge in [0.25, 0.3) is 0 Å². The highest BCUT2D eigenvalue weighted by Gasteiger charge is 2.15. The first-order valence-electron chi connectivity index (χ1n) is 7.91. The number of nitrogens with zero attached hydrogens (tertiary/aromatic N) is 1. The van der Waals surface area contributed by atoms with Crippen molar-refractivity contribution in [2.24, 2.45) is 10.7 Å². The molecule has 0 saturated carbocycles. The molecule has 1 aromatic carbocycles. The van der Waals surface area contributed by atoms with E-state index in [4.69, 9.17) is 10.5 Å². The molecule has 0 fully saturated rings. The van der Waals surface area contributed by atoms with E-state index in [0.29, 0.717) is 25.5 Å². The molecule has 0 unspecified atom stereocenters. The van der Waals surface area contributed by atoms with Crippen LogP contribution in [0.4, 0.5) is 4.79 Å². The molecule has 0 saturated heterocycles. The van der Waals surface area contributed by atoms with E-state index in [0.717, 1.165) is 13.0 Å². The van der Waals surface area contributed by atoms with Crippen molar-refractivity contribution in [1.82, 2.24) is 10.6 Å². The first kappa shape index (κ1) is 18.8. The maximum atomic E-state index is 11.4. The number of guanidine groups is 1. The normalized spacial score (nSPS) is 11.9. The number of ether oxygens (including phenoxy) is 1. The van der Waals surface area contributed by atoms with E-state index in [1.54, 1.807) is 0 Å². The SMILES string of the molecule is CC(C)(C)OC(=O)NCCCN=C(N)NCCc1ccccc1. The molecule has 6 nitrogen and oxygen atoms in total. The van der Waals surface area contributed by atoms with Gasteiger partial charge in [0.05, 0.1) is 0 Å². The van der Waals surface area contributed by atoms with Crippen molar-refractivity contribution in [3.05, 3.63) is 35.9 Å². The summed E-state index contributed by atoms with van der Waals surface area (Å²) in [6.45, 7) is 7.31. The quantitative estimate of drug-likeness (QED) is 0.407. The zero-order valence-corrected chi connectivity index (χ0v) is 14.3. The van der Waals surface area contributed by atoms with Gasteiger partial charge in [0.15, 0.2) is 5.96 Å². The Morgan fingerprint density at radius 3 is 2.52 bits per heavy atom. The molecule has 0 aromatic heterocycles. The minimum Gasteiger partial charge on any atom is -0.444 e. The van der Waals surface area contributed by atoms with Gasteiger partial charge in [-0.15, -0.1) is 0 Å². The molecule has 128 valence electrons. The van der Waals surface area contributed by atoms with Crippen LogP contribution in [0, 0.1) is 0 Å². The number of benzene rings is 1. The number of alkyl carbamates (subject to hydrolysis) is 1. The molecular formula is C17H28N4O2. The lowest BCUT2D eigenvalue weighted by atomic mass is 10.1. The first-order chi connectivity index (χ1) is 10.9. The maximum Gasteiger partial charge on any atom is 0.407 e. The van der Waals surface area contributed by atoms with Crippen LogP contribution in [0.1, 0.15) is 32.8 Å². The van der Waals surface area contributed by atoms with Crippen LogP contribution in [0.2, 0.25) is 0 Å². The van der Waals surface area contributed by atoms with Crippen molar-refractivity contribution in [2.45, 2.75) is 39.2 Å². The van der Waals surface area contributed by atoms with Crippen LogP contribution in [0.5, 0.6) is 0 Å². The van der Waals surface area contributed by atoms with E-state index in [1.807, 2.05) is 39.0 Å². The number of nitrogens with two attached hydrogens (primary N) is 1. The van der Waals surface area contributed by atoms with Crippen molar-refractivity contribution < 1.29 is 9.53 Å². The average Bonchev–Trinajstić information content (AvgIpc) is 2.46. The Morgan fingerprint density at radius 1 is 1.17 bits per heavy atom. The third-order valence-electron chi connectivity index (χ3n) is 2.85. The fourth-order valence-corrected chi connectivity index (χ4v) is 1.82.